The molecule has 0 spiro atoms. The van der Waals surface area contributed by atoms with E-state index in [-0.39, 0.29) is 29.6 Å². The third-order valence-corrected chi connectivity index (χ3v) is 1.04. The monoisotopic (exact) mass is 216 g/mol. The summed E-state index contributed by atoms with van der Waals surface area (Å²) in [6.45, 7) is -0.829. The van der Waals surface area contributed by atoms with Crippen LogP contribution in [0.3, 0.4) is 0 Å². The van der Waals surface area contributed by atoms with Crippen LogP contribution in [-0.2, 0) is 19.1 Å². The molecule has 0 rings (SSSR count). The van der Waals surface area contributed by atoms with Crippen LogP contribution in [0.5, 0.6) is 0 Å². The van der Waals surface area contributed by atoms with Gasteiger partial charge in [0.25, 0.3) is 0 Å². The van der Waals surface area contributed by atoms with E-state index in [2.05, 4.69) is 4.74 Å². The molecule has 7 nitrogen and oxygen atoms in total. The van der Waals surface area contributed by atoms with Crippen LogP contribution in [-0.4, -0.2) is 75.5 Å². The molecule has 0 bridgehead atoms. The van der Waals surface area contributed by atoms with Crippen molar-refractivity contribution in [3.05, 3.63) is 0 Å². The Morgan fingerprint density at radius 3 is 1.86 bits per heavy atom. The Bertz CT molecular complexity index is 226. The Kier molecular flexibility index (Phi) is 8.75. The first-order valence-electron chi connectivity index (χ1n) is 3.21. The van der Waals surface area contributed by atoms with Gasteiger partial charge in [0.15, 0.2) is 6.10 Å². The molecule has 0 aromatic heterocycles. The number of carboxylic acid groups (broad SMARTS) is 3. The van der Waals surface area contributed by atoms with E-state index in [1.54, 1.807) is 0 Å². The normalized spacial score (nSPS) is 11.1. The van der Waals surface area contributed by atoms with E-state index in [1.807, 2.05) is 0 Å². The summed E-state index contributed by atoms with van der Waals surface area (Å²) >= 11 is 0. The molecule has 1 atom stereocenters. The van der Waals surface area contributed by atoms with Crippen LogP contribution in [0.4, 0.5) is 0 Å². The van der Waals surface area contributed by atoms with Crippen molar-refractivity contribution in [2.75, 3.05) is 6.61 Å². The van der Waals surface area contributed by atoms with Crippen molar-refractivity contribution in [2.45, 2.75) is 12.5 Å². The first-order valence-corrected chi connectivity index (χ1v) is 3.21. The van der Waals surface area contributed by atoms with Crippen LogP contribution < -0.4 is 0 Å². The molecule has 0 aliphatic carbocycles. The van der Waals surface area contributed by atoms with Crippen molar-refractivity contribution < 1.29 is 34.4 Å². The van der Waals surface area contributed by atoms with Gasteiger partial charge in [-0.1, -0.05) is 0 Å². The van der Waals surface area contributed by atoms with Gasteiger partial charge in [-0.2, -0.15) is 0 Å². The predicted octanol–water partition coefficient (Wildman–Crippen LogP) is -1.63. The molecule has 0 aliphatic heterocycles. The quantitative estimate of drug-likeness (QED) is 0.455. The minimum atomic E-state index is -1.62. The first kappa shape index (κ1) is 15.8. The van der Waals surface area contributed by atoms with Crippen molar-refractivity contribution in [1.82, 2.24) is 0 Å². The Labute approximate surface area is 101 Å². The van der Waals surface area contributed by atoms with Crippen LogP contribution in [0.1, 0.15) is 6.42 Å². The number of rotatable bonds is 6. The average molecular weight is 216 g/mol. The van der Waals surface area contributed by atoms with E-state index in [4.69, 9.17) is 15.3 Å². The molecular formula is C6H9NaO7. The van der Waals surface area contributed by atoms with E-state index in [1.165, 1.54) is 0 Å². The molecule has 0 amide bonds. The molecule has 0 saturated heterocycles. The van der Waals surface area contributed by atoms with Gasteiger partial charge in [-0.15, -0.1) is 0 Å². The second-order valence-electron chi connectivity index (χ2n) is 2.13. The zero-order chi connectivity index (χ0) is 10.4. The van der Waals surface area contributed by atoms with E-state index < -0.39 is 37.0 Å². The second kappa shape index (κ2) is 7.74. The second-order valence-corrected chi connectivity index (χ2v) is 2.13. The summed E-state index contributed by atoms with van der Waals surface area (Å²) in [5.41, 5.74) is 0. The summed E-state index contributed by atoms with van der Waals surface area (Å²) in [5, 5.41) is 24.7. The average Bonchev–Trinajstić information content (AvgIpc) is 1.96. The molecule has 3 N–H and O–H groups in total. The molecule has 0 aromatic carbocycles. The number of carboxylic acids is 3. The minimum absolute atomic E-state index is 0. The maximum absolute atomic E-state index is 10.3. The van der Waals surface area contributed by atoms with E-state index in [0.717, 1.165) is 0 Å². The molecule has 0 radical (unpaired) electrons. The molecule has 8 heteroatoms. The molecule has 0 saturated carbocycles. The van der Waals surface area contributed by atoms with Gasteiger partial charge in [-0.05, 0) is 0 Å². The van der Waals surface area contributed by atoms with Crippen LogP contribution in [0.2, 0.25) is 0 Å². The Balaban J connectivity index is 0. The van der Waals surface area contributed by atoms with Crippen molar-refractivity contribution in [1.29, 1.82) is 0 Å². The van der Waals surface area contributed by atoms with Crippen LogP contribution in [0.25, 0.3) is 0 Å². The fraction of sp³-hybridized carbons (Fsp3) is 0.500. The van der Waals surface area contributed by atoms with Crippen LogP contribution in [0, 0.1) is 0 Å². The molecule has 1 unspecified atom stereocenters. The molecule has 14 heavy (non-hydrogen) atoms. The summed E-state index contributed by atoms with van der Waals surface area (Å²) in [5.74, 6) is -4.21. The fourth-order valence-electron chi connectivity index (χ4n) is 0.548. The number of carbonyl (C=O) groups is 3. The molecule has 0 heterocycles. The van der Waals surface area contributed by atoms with Gasteiger partial charge in [0.2, 0.25) is 0 Å². The van der Waals surface area contributed by atoms with Gasteiger partial charge < -0.3 is 20.1 Å². The topological polar surface area (TPSA) is 121 Å². The summed E-state index contributed by atoms with van der Waals surface area (Å²) < 4.78 is 4.30. The van der Waals surface area contributed by atoms with Crippen molar-refractivity contribution in [3.63, 3.8) is 0 Å². The Morgan fingerprint density at radius 2 is 1.57 bits per heavy atom. The van der Waals surface area contributed by atoms with E-state index in [9.17, 15) is 14.4 Å². The maximum atomic E-state index is 10.3. The van der Waals surface area contributed by atoms with E-state index >= 15 is 0 Å². The number of ether oxygens (including phenoxy) is 1. The SMILES string of the molecule is O=C(O)COC(CC(=O)O)C(=O)O.[NaH]. The van der Waals surface area contributed by atoms with Gasteiger partial charge in [0.1, 0.15) is 6.61 Å². The van der Waals surface area contributed by atoms with Crippen molar-refractivity contribution in [3.8, 4) is 0 Å². The zero-order valence-corrected chi connectivity index (χ0v) is 6.47. The first-order chi connectivity index (χ1) is 5.93. The third kappa shape index (κ3) is 7.99. The predicted molar refractivity (Wildman–Crippen MR) is 44.4 cm³/mol. The van der Waals surface area contributed by atoms with Crippen LogP contribution in [0.15, 0.2) is 0 Å². The molecular weight excluding hydrogens is 207 g/mol. The van der Waals surface area contributed by atoms with Gasteiger partial charge >= 0.3 is 47.5 Å². The van der Waals surface area contributed by atoms with Crippen LogP contribution >= 0.6 is 0 Å². The Hall–Kier alpha value is -0.630. The summed E-state index contributed by atoms with van der Waals surface area (Å²) in [4.78, 5) is 30.3. The van der Waals surface area contributed by atoms with Gasteiger partial charge in [-0.25, -0.2) is 9.59 Å². The molecule has 0 fully saturated rings. The zero-order valence-electron chi connectivity index (χ0n) is 6.47. The molecule has 76 valence electrons. The third-order valence-electron chi connectivity index (χ3n) is 1.04. The van der Waals surface area contributed by atoms with Gasteiger partial charge in [0.05, 0.1) is 6.42 Å². The van der Waals surface area contributed by atoms with Gasteiger partial charge in [-0.3, -0.25) is 4.79 Å². The summed E-state index contributed by atoms with van der Waals surface area (Å²) in [6.07, 6.45) is -2.38. The van der Waals surface area contributed by atoms with Gasteiger partial charge in [0, 0.05) is 0 Å². The summed E-state index contributed by atoms with van der Waals surface area (Å²) in [6, 6.07) is 0. The van der Waals surface area contributed by atoms with E-state index in [0.29, 0.717) is 0 Å². The molecule has 0 aromatic rings. The number of aliphatic carboxylic acids is 3. The Morgan fingerprint density at radius 1 is 1.07 bits per heavy atom. The molecule has 0 aliphatic rings. The number of hydrogen-bond acceptors (Lipinski definition) is 4. The standard InChI is InChI=1S/C6H8O7.Na.H/c7-4(8)1-3(6(11)12)13-2-5(9)10;;/h3H,1-2H2,(H,7,8)(H,9,10)(H,11,12);;. The van der Waals surface area contributed by atoms with Crippen molar-refractivity contribution in [2.24, 2.45) is 0 Å². The number of hydrogen-bond donors (Lipinski definition) is 3. The fourth-order valence-corrected chi connectivity index (χ4v) is 0.548. The summed E-state index contributed by atoms with van der Waals surface area (Å²) in [7, 11) is 0. The van der Waals surface area contributed by atoms with Crippen molar-refractivity contribution >= 4 is 47.5 Å².